The summed E-state index contributed by atoms with van der Waals surface area (Å²) in [6, 6.07) is 11.0. The Morgan fingerprint density at radius 1 is 1.21 bits per heavy atom. The lowest BCUT2D eigenvalue weighted by atomic mass is 9.96. The Morgan fingerprint density at radius 2 is 1.95 bits per heavy atom. The minimum Gasteiger partial charge on any atom is -0.466 e. The van der Waals surface area contributed by atoms with E-state index in [-0.39, 0.29) is 29.9 Å². The van der Waals surface area contributed by atoms with E-state index >= 15 is 0 Å². The summed E-state index contributed by atoms with van der Waals surface area (Å²) in [6.45, 7) is 5.35. The van der Waals surface area contributed by atoms with Crippen LogP contribution in [0.2, 0.25) is 5.02 Å². The number of aryl methyl sites for hydroxylation is 1. The van der Waals surface area contributed by atoms with Gasteiger partial charge in [-0.3, -0.25) is 23.7 Å². The van der Waals surface area contributed by atoms with Crippen molar-refractivity contribution >= 4 is 69.3 Å². The molecule has 0 aliphatic carbocycles. The van der Waals surface area contributed by atoms with Crippen molar-refractivity contribution in [1.82, 2.24) is 14.3 Å². The van der Waals surface area contributed by atoms with Gasteiger partial charge in [0.25, 0.3) is 11.5 Å². The lowest BCUT2D eigenvalue weighted by molar-refractivity contribution is -0.148. The van der Waals surface area contributed by atoms with Crippen LogP contribution >= 0.6 is 35.6 Å². The van der Waals surface area contributed by atoms with Crippen LogP contribution in [0, 0.1) is 12.8 Å². The number of anilines is 1. The first-order valence-electron chi connectivity index (χ1n) is 12.7. The Labute approximate surface area is 240 Å². The summed E-state index contributed by atoms with van der Waals surface area (Å²) in [5.74, 6) is -0.172. The van der Waals surface area contributed by atoms with E-state index in [9.17, 15) is 14.4 Å². The van der Waals surface area contributed by atoms with Crippen LogP contribution in [0.5, 0.6) is 0 Å². The van der Waals surface area contributed by atoms with E-state index in [1.54, 1.807) is 31.3 Å². The van der Waals surface area contributed by atoms with Crippen LogP contribution in [-0.2, 0) is 20.9 Å². The minimum absolute atomic E-state index is 0.186. The van der Waals surface area contributed by atoms with Gasteiger partial charge in [-0.15, -0.1) is 0 Å². The maximum absolute atomic E-state index is 13.8. The molecule has 0 spiro atoms. The van der Waals surface area contributed by atoms with Gasteiger partial charge in [-0.1, -0.05) is 59.8 Å². The molecule has 202 valence electrons. The monoisotopic (exact) mass is 582 g/mol. The summed E-state index contributed by atoms with van der Waals surface area (Å²) in [5, 5.41) is 0.552. The van der Waals surface area contributed by atoms with Crippen molar-refractivity contribution in [2.45, 2.75) is 33.2 Å². The number of rotatable bonds is 6. The van der Waals surface area contributed by atoms with Crippen LogP contribution in [-0.4, -0.2) is 50.2 Å². The molecular formula is C28H27ClN4O4S2. The molecule has 3 aromatic rings. The quantitative estimate of drug-likeness (QED) is 0.232. The molecule has 0 atom stereocenters. The number of amides is 1. The Morgan fingerprint density at radius 3 is 2.67 bits per heavy atom. The molecule has 0 N–H and O–H groups in total. The lowest BCUT2D eigenvalue weighted by Gasteiger charge is -2.32. The van der Waals surface area contributed by atoms with Crippen molar-refractivity contribution in [1.29, 1.82) is 0 Å². The van der Waals surface area contributed by atoms with E-state index < -0.39 is 0 Å². The van der Waals surface area contributed by atoms with Crippen molar-refractivity contribution < 1.29 is 14.3 Å². The van der Waals surface area contributed by atoms with Gasteiger partial charge in [0.2, 0.25) is 0 Å². The van der Waals surface area contributed by atoms with Gasteiger partial charge in [-0.25, -0.2) is 4.98 Å². The number of hydrogen-bond acceptors (Lipinski definition) is 8. The van der Waals surface area contributed by atoms with Crippen molar-refractivity contribution in [3.05, 3.63) is 79.6 Å². The number of nitrogens with zero attached hydrogens (tertiary/aromatic N) is 4. The summed E-state index contributed by atoms with van der Waals surface area (Å²) in [6.07, 6.45) is 4.46. The first-order valence-corrected chi connectivity index (χ1v) is 14.3. The van der Waals surface area contributed by atoms with Gasteiger partial charge >= 0.3 is 5.97 Å². The number of hydrogen-bond donors (Lipinski definition) is 0. The highest BCUT2D eigenvalue weighted by molar-refractivity contribution is 8.26. The zero-order valence-electron chi connectivity index (χ0n) is 21.6. The number of halogens is 1. The van der Waals surface area contributed by atoms with Crippen molar-refractivity contribution in [2.75, 3.05) is 24.6 Å². The summed E-state index contributed by atoms with van der Waals surface area (Å²) in [4.78, 5) is 48.3. The Kier molecular flexibility index (Phi) is 8.06. The predicted molar refractivity (Wildman–Crippen MR) is 158 cm³/mol. The van der Waals surface area contributed by atoms with Crippen molar-refractivity contribution in [2.24, 2.45) is 5.92 Å². The first kappa shape index (κ1) is 27.4. The van der Waals surface area contributed by atoms with Crippen molar-refractivity contribution in [3.63, 3.8) is 0 Å². The fourth-order valence-electron chi connectivity index (χ4n) is 4.82. The van der Waals surface area contributed by atoms with E-state index in [0.29, 0.717) is 63.8 Å². The predicted octanol–water partition coefficient (Wildman–Crippen LogP) is 4.84. The maximum Gasteiger partial charge on any atom is 0.309 e. The van der Waals surface area contributed by atoms with E-state index in [2.05, 4.69) is 0 Å². The Hall–Kier alpha value is -3.21. The van der Waals surface area contributed by atoms with E-state index in [1.165, 1.54) is 9.30 Å². The molecule has 0 radical (unpaired) electrons. The van der Waals surface area contributed by atoms with Gasteiger partial charge in [-0.2, -0.15) is 0 Å². The van der Waals surface area contributed by atoms with E-state index in [0.717, 1.165) is 22.9 Å². The second-order valence-electron chi connectivity index (χ2n) is 9.41. The first-order chi connectivity index (χ1) is 18.8. The van der Waals surface area contributed by atoms with Gasteiger partial charge in [0.15, 0.2) is 0 Å². The molecule has 0 unspecified atom stereocenters. The van der Waals surface area contributed by atoms with Crippen LogP contribution in [0.25, 0.3) is 11.7 Å². The number of pyridine rings is 1. The number of carbonyl (C=O) groups is 2. The minimum atomic E-state index is -0.286. The van der Waals surface area contributed by atoms with Crippen LogP contribution in [0.1, 0.15) is 36.5 Å². The fourth-order valence-corrected chi connectivity index (χ4v) is 6.25. The van der Waals surface area contributed by atoms with Crippen LogP contribution in [0.15, 0.2) is 52.3 Å². The third-order valence-corrected chi connectivity index (χ3v) is 8.66. The second-order valence-corrected chi connectivity index (χ2v) is 11.5. The van der Waals surface area contributed by atoms with Crippen molar-refractivity contribution in [3.8, 4) is 0 Å². The number of carbonyl (C=O) groups excluding carboxylic acids is 2. The third-order valence-electron chi connectivity index (χ3n) is 6.91. The smallest absolute Gasteiger partial charge is 0.309 e. The summed E-state index contributed by atoms with van der Waals surface area (Å²) >= 11 is 13.0. The van der Waals surface area contributed by atoms with Crippen LogP contribution < -0.4 is 10.5 Å². The van der Waals surface area contributed by atoms with Crippen LogP contribution in [0.4, 0.5) is 5.82 Å². The molecule has 11 heteroatoms. The molecule has 2 saturated heterocycles. The summed E-state index contributed by atoms with van der Waals surface area (Å²) in [5.41, 5.74) is 2.22. The number of aromatic nitrogens is 2. The van der Waals surface area contributed by atoms with Gasteiger partial charge in [0.1, 0.15) is 15.8 Å². The number of thioether (sulfide) groups is 1. The average molecular weight is 583 g/mol. The third kappa shape index (κ3) is 5.46. The highest BCUT2D eigenvalue weighted by Gasteiger charge is 2.34. The highest BCUT2D eigenvalue weighted by Crippen LogP contribution is 2.36. The van der Waals surface area contributed by atoms with E-state index in [4.69, 9.17) is 33.5 Å². The molecule has 2 aliphatic rings. The summed E-state index contributed by atoms with van der Waals surface area (Å²) < 4.78 is 7.10. The Balaban J connectivity index is 1.52. The van der Waals surface area contributed by atoms with Gasteiger partial charge in [-0.05, 0) is 56.0 Å². The zero-order valence-corrected chi connectivity index (χ0v) is 23.9. The molecule has 0 saturated carbocycles. The molecule has 8 nitrogen and oxygen atoms in total. The number of fused-ring (bicyclic) bond motifs is 1. The normalized spacial score (nSPS) is 17.5. The molecule has 2 aliphatic heterocycles. The standard InChI is InChI=1S/C28H27ClN4O4S2/c1-3-37-27(36)18-10-13-31(14-11-18)24-20(25(34)32-12-6-7-17(2)23(32)30-24)15-22-26(35)33(28(38)39-22)16-19-8-4-5-9-21(19)29/h4-9,12,15,18H,3,10-11,13-14,16H2,1-2H3. The summed E-state index contributed by atoms with van der Waals surface area (Å²) in [7, 11) is 0. The molecular weight excluding hydrogens is 556 g/mol. The largest absolute Gasteiger partial charge is 0.466 e. The molecule has 2 fully saturated rings. The number of esters is 1. The SMILES string of the molecule is CCOC(=O)C1CCN(c2nc3c(C)cccn3c(=O)c2C=C2SC(=S)N(Cc3ccccc3Cl)C2=O)CC1. The molecule has 4 heterocycles. The second kappa shape index (κ2) is 11.5. The van der Waals surface area contributed by atoms with E-state index in [1.807, 2.05) is 36.1 Å². The molecule has 0 bridgehead atoms. The Bertz CT molecular complexity index is 1560. The average Bonchev–Trinajstić information content (AvgIpc) is 3.19. The number of piperidine rings is 1. The maximum atomic E-state index is 13.8. The number of benzene rings is 1. The molecule has 1 amide bonds. The molecule has 39 heavy (non-hydrogen) atoms. The van der Waals surface area contributed by atoms with Gasteiger partial charge in [0, 0.05) is 24.3 Å². The van der Waals surface area contributed by atoms with Gasteiger partial charge < -0.3 is 9.64 Å². The molecule has 1 aromatic carbocycles. The topological polar surface area (TPSA) is 84.2 Å². The number of ether oxygens (including phenoxy) is 1. The molecule has 2 aromatic heterocycles. The highest BCUT2D eigenvalue weighted by atomic mass is 35.5. The lowest BCUT2D eigenvalue weighted by Crippen LogP contribution is -2.39. The van der Waals surface area contributed by atoms with Gasteiger partial charge in [0.05, 0.1) is 29.5 Å². The molecule has 5 rings (SSSR count). The fraction of sp³-hybridized carbons (Fsp3) is 0.321. The van der Waals surface area contributed by atoms with Crippen LogP contribution in [0.3, 0.4) is 0 Å². The zero-order chi connectivity index (χ0) is 27.7. The number of thiocarbonyl (C=S) groups is 1.